The fourth-order valence-corrected chi connectivity index (χ4v) is 7.74. The first kappa shape index (κ1) is 30.8. The molecule has 2 aromatic heterocycles. The minimum atomic E-state index is 0.334. The van der Waals surface area contributed by atoms with Crippen molar-refractivity contribution in [2.75, 3.05) is 19.6 Å². The second-order valence-electron chi connectivity index (χ2n) is 13.3. The van der Waals surface area contributed by atoms with Crippen LogP contribution in [0.25, 0.3) is 55.0 Å². The van der Waals surface area contributed by atoms with E-state index in [9.17, 15) is 10.2 Å². The molecule has 0 aliphatic heterocycles. The predicted molar refractivity (Wildman–Crippen MR) is 204 cm³/mol. The topological polar surface area (TPSA) is 53.6 Å². The molecule has 0 aliphatic rings. The molecule has 0 unspecified atom stereocenters. The summed E-state index contributed by atoms with van der Waals surface area (Å²) in [6.07, 6.45) is 1.44. The van der Waals surface area contributed by atoms with Crippen LogP contribution in [-0.2, 0) is 12.8 Å². The third-order valence-electron chi connectivity index (χ3n) is 10.1. The summed E-state index contributed by atoms with van der Waals surface area (Å²) < 4.78 is 4.40. The van der Waals surface area contributed by atoms with Crippen LogP contribution < -0.4 is 0 Å². The number of likely N-dealkylation sites (N-methyl/N-ethyl adjacent to an activating group) is 1. The minimum absolute atomic E-state index is 0.334. The van der Waals surface area contributed by atoms with Gasteiger partial charge in [-0.1, -0.05) is 91.9 Å². The summed E-state index contributed by atoms with van der Waals surface area (Å²) >= 11 is 0. The number of fused-ring (bicyclic) bond motifs is 6. The highest BCUT2D eigenvalue weighted by atomic mass is 16.3. The Morgan fingerprint density at radius 2 is 0.816 bits per heavy atom. The van der Waals surface area contributed by atoms with E-state index in [-0.39, 0.29) is 0 Å². The van der Waals surface area contributed by atoms with Crippen LogP contribution in [0.2, 0.25) is 0 Å². The first-order valence-electron chi connectivity index (χ1n) is 17.3. The Bertz CT molecular complexity index is 2220. The Balaban J connectivity index is 1.07. The summed E-state index contributed by atoms with van der Waals surface area (Å²) in [5.74, 6) is 0.667. The molecule has 0 saturated heterocycles. The number of hydrogen-bond acceptors (Lipinski definition) is 3. The van der Waals surface area contributed by atoms with Gasteiger partial charge < -0.3 is 24.2 Å². The summed E-state index contributed by atoms with van der Waals surface area (Å²) in [4.78, 5) is 2.41. The van der Waals surface area contributed by atoms with Crippen LogP contribution in [0, 0.1) is 13.8 Å². The second-order valence-corrected chi connectivity index (χ2v) is 13.3. The maximum absolute atomic E-state index is 11.8. The highest BCUT2D eigenvalue weighted by Crippen LogP contribution is 2.39. The number of rotatable bonds is 9. The number of phenols is 2. The average Bonchev–Trinajstić information content (AvgIpc) is 3.64. The zero-order valence-electron chi connectivity index (χ0n) is 28.3. The lowest BCUT2D eigenvalue weighted by atomic mass is 10.0. The van der Waals surface area contributed by atoms with E-state index in [0.29, 0.717) is 11.5 Å². The number of aryl methyl sites for hydroxylation is 2. The Kier molecular flexibility index (Phi) is 7.85. The molecule has 0 fully saturated rings. The molecule has 0 aliphatic carbocycles. The van der Waals surface area contributed by atoms with Crippen LogP contribution in [0.4, 0.5) is 0 Å². The van der Waals surface area contributed by atoms with Gasteiger partial charge in [0.25, 0.3) is 0 Å². The number of phenolic OH excluding ortho intramolecular Hbond substituents is 2. The lowest BCUT2D eigenvalue weighted by molar-refractivity contribution is 0.293. The smallest absolute Gasteiger partial charge is 0.142 e. The fraction of sp³-hybridized carbons (Fsp3) is 0.182. The van der Waals surface area contributed by atoms with Gasteiger partial charge in [0.15, 0.2) is 0 Å². The molecule has 5 nitrogen and oxygen atoms in total. The molecular weight excluding hydrogens is 603 g/mol. The summed E-state index contributed by atoms with van der Waals surface area (Å²) in [5, 5.41) is 28.2. The van der Waals surface area contributed by atoms with Gasteiger partial charge >= 0.3 is 0 Å². The highest BCUT2D eigenvalue weighted by molar-refractivity contribution is 6.10. The highest BCUT2D eigenvalue weighted by Gasteiger charge is 2.19. The molecular formula is C44H41N3O2. The Morgan fingerprint density at radius 3 is 1.14 bits per heavy atom. The van der Waals surface area contributed by atoms with Crippen molar-refractivity contribution in [3.63, 3.8) is 0 Å². The van der Waals surface area contributed by atoms with Crippen LogP contribution in [0.15, 0.2) is 121 Å². The second kappa shape index (κ2) is 12.5. The van der Waals surface area contributed by atoms with Crippen LogP contribution in [0.5, 0.6) is 11.5 Å². The third kappa shape index (κ3) is 5.31. The number of aromatic nitrogens is 2. The van der Waals surface area contributed by atoms with Crippen molar-refractivity contribution >= 4 is 43.6 Å². The normalized spacial score (nSPS) is 11.9. The molecule has 8 aromatic rings. The summed E-state index contributed by atoms with van der Waals surface area (Å²) in [6.45, 7) is 8.86. The van der Waals surface area contributed by atoms with Crippen molar-refractivity contribution in [1.29, 1.82) is 0 Å². The van der Waals surface area contributed by atoms with Gasteiger partial charge in [0.1, 0.15) is 11.5 Å². The first-order chi connectivity index (χ1) is 23.9. The maximum atomic E-state index is 11.8. The van der Waals surface area contributed by atoms with Crippen LogP contribution in [0.1, 0.15) is 29.2 Å². The van der Waals surface area contributed by atoms with E-state index < -0.39 is 0 Å². The standard InChI is InChI=1S/C44H41N3O2/c1-4-45(23-21-31-25-29(2)27-41(43(31)48)46-37-17-9-5-13-33(37)34-14-6-10-18-38(34)46)24-22-32-26-30(3)28-42(44(32)49)47-39-19-11-7-15-35(39)36-16-8-12-20-40(36)47/h5-20,25-28,48-49H,4,21-24H2,1-3H3. The van der Waals surface area contributed by atoms with Gasteiger partial charge in [-0.3, -0.25) is 0 Å². The lowest BCUT2D eigenvalue weighted by Crippen LogP contribution is -2.28. The zero-order valence-corrected chi connectivity index (χ0v) is 28.3. The van der Waals surface area contributed by atoms with Gasteiger partial charge in [0, 0.05) is 34.6 Å². The van der Waals surface area contributed by atoms with Crippen molar-refractivity contribution in [2.45, 2.75) is 33.6 Å². The molecule has 2 heterocycles. The van der Waals surface area contributed by atoms with Crippen LogP contribution in [0.3, 0.4) is 0 Å². The quantitative estimate of drug-likeness (QED) is 0.165. The number of aromatic hydroxyl groups is 2. The summed E-state index contributed by atoms with van der Waals surface area (Å²) in [7, 11) is 0. The van der Waals surface area contributed by atoms with Gasteiger partial charge in [-0.2, -0.15) is 0 Å². The molecule has 0 saturated carbocycles. The van der Waals surface area contributed by atoms with Crippen molar-refractivity contribution < 1.29 is 10.2 Å². The predicted octanol–water partition coefficient (Wildman–Crippen LogP) is 10.0. The zero-order chi connectivity index (χ0) is 33.6. The van der Waals surface area contributed by atoms with E-state index >= 15 is 0 Å². The third-order valence-corrected chi connectivity index (χ3v) is 10.1. The van der Waals surface area contributed by atoms with E-state index in [2.05, 4.69) is 156 Å². The van der Waals surface area contributed by atoms with E-state index in [0.717, 1.165) is 88.2 Å². The number of hydrogen-bond donors (Lipinski definition) is 2. The van der Waals surface area contributed by atoms with E-state index in [1.807, 2.05) is 0 Å². The first-order valence-corrected chi connectivity index (χ1v) is 17.3. The summed E-state index contributed by atoms with van der Waals surface area (Å²) in [5.41, 5.74) is 10.1. The van der Waals surface area contributed by atoms with Gasteiger partial charge in [0.05, 0.1) is 33.4 Å². The van der Waals surface area contributed by atoms with Gasteiger partial charge in [-0.15, -0.1) is 0 Å². The molecule has 244 valence electrons. The number of nitrogens with zero attached hydrogens (tertiary/aromatic N) is 3. The average molecular weight is 644 g/mol. The van der Waals surface area contributed by atoms with E-state index in [4.69, 9.17) is 0 Å². The molecule has 0 atom stereocenters. The number of benzene rings is 6. The van der Waals surface area contributed by atoms with Gasteiger partial charge in [0.2, 0.25) is 0 Å². The Labute approximate surface area is 286 Å². The van der Waals surface area contributed by atoms with Crippen LogP contribution >= 0.6 is 0 Å². The fourth-order valence-electron chi connectivity index (χ4n) is 7.74. The van der Waals surface area contributed by atoms with Crippen molar-refractivity contribution in [3.05, 3.63) is 144 Å². The molecule has 8 rings (SSSR count). The van der Waals surface area contributed by atoms with Gasteiger partial charge in [-0.05, 0) is 91.9 Å². The molecule has 49 heavy (non-hydrogen) atoms. The SMILES string of the molecule is CCN(CCc1cc(C)cc(-n2c3ccccc3c3ccccc32)c1O)CCc1cc(C)cc(-n2c3ccccc3c3ccccc32)c1O. The molecule has 5 heteroatoms. The van der Waals surface area contributed by atoms with Crippen LogP contribution in [-0.4, -0.2) is 43.9 Å². The van der Waals surface area contributed by atoms with E-state index in [1.54, 1.807) is 0 Å². The van der Waals surface area contributed by atoms with Gasteiger partial charge in [-0.25, -0.2) is 0 Å². The number of para-hydroxylation sites is 4. The Hall–Kier alpha value is -5.52. The van der Waals surface area contributed by atoms with Crippen molar-refractivity contribution in [1.82, 2.24) is 14.0 Å². The lowest BCUT2D eigenvalue weighted by Gasteiger charge is -2.22. The largest absolute Gasteiger partial charge is 0.505 e. The Morgan fingerprint density at radius 1 is 0.490 bits per heavy atom. The minimum Gasteiger partial charge on any atom is -0.505 e. The maximum Gasteiger partial charge on any atom is 0.142 e. The summed E-state index contributed by atoms with van der Waals surface area (Å²) in [6, 6.07) is 42.0. The molecule has 0 bridgehead atoms. The van der Waals surface area contributed by atoms with E-state index in [1.165, 1.54) is 21.5 Å². The van der Waals surface area contributed by atoms with Crippen molar-refractivity contribution in [2.24, 2.45) is 0 Å². The molecule has 2 N–H and O–H groups in total. The molecule has 0 radical (unpaired) electrons. The molecule has 6 aromatic carbocycles. The van der Waals surface area contributed by atoms with Crippen molar-refractivity contribution in [3.8, 4) is 22.9 Å². The molecule has 0 spiro atoms. The molecule has 0 amide bonds. The monoisotopic (exact) mass is 643 g/mol.